The van der Waals surface area contributed by atoms with Crippen LogP contribution in [0.2, 0.25) is 0 Å². The number of benzene rings is 1. The first-order chi connectivity index (χ1) is 17.0. The van der Waals surface area contributed by atoms with E-state index in [1.54, 1.807) is 31.3 Å². The van der Waals surface area contributed by atoms with Gasteiger partial charge in [0, 0.05) is 36.1 Å². The molecule has 5 nitrogen and oxygen atoms in total. The summed E-state index contributed by atoms with van der Waals surface area (Å²) in [5.74, 6) is -0.137. The Balaban J connectivity index is 2.12. The lowest BCUT2D eigenvalue weighted by molar-refractivity contribution is -0.0311. The molecule has 1 aliphatic heterocycles. The highest BCUT2D eigenvalue weighted by molar-refractivity contribution is 8.04. The van der Waals surface area contributed by atoms with Crippen LogP contribution in [0.5, 0.6) is 0 Å². The van der Waals surface area contributed by atoms with Gasteiger partial charge < -0.3 is 14.7 Å². The number of carbonyl (C=O) groups is 1. The smallest absolute Gasteiger partial charge is 0.253 e. The van der Waals surface area contributed by atoms with E-state index >= 15 is 0 Å². The van der Waals surface area contributed by atoms with E-state index in [1.165, 1.54) is 11.9 Å². The SMILES string of the molecule is C=C/C(SNc1ccc(C(=O)N2CCC(O)(CC(C)C)CC2)cc1)=C(/N=CC)C(C(=C)F)=C(C)CC. The molecule has 0 saturated carbocycles. The van der Waals surface area contributed by atoms with Crippen molar-refractivity contribution >= 4 is 29.8 Å². The van der Waals surface area contributed by atoms with Crippen molar-refractivity contribution in [2.45, 2.75) is 65.9 Å². The third kappa shape index (κ3) is 7.93. The summed E-state index contributed by atoms with van der Waals surface area (Å²) in [5.41, 5.74) is 2.44. The molecule has 2 rings (SSSR count). The van der Waals surface area contributed by atoms with Crippen molar-refractivity contribution in [3.8, 4) is 0 Å². The van der Waals surface area contributed by atoms with Gasteiger partial charge in [-0.1, -0.05) is 45.6 Å². The van der Waals surface area contributed by atoms with Crippen LogP contribution in [0, 0.1) is 5.92 Å². The molecule has 2 N–H and O–H groups in total. The number of carbonyl (C=O) groups excluding carboxylic acids is 1. The second kappa shape index (κ2) is 13.6. The first-order valence-electron chi connectivity index (χ1n) is 12.5. The molecule has 196 valence electrons. The lowest BCUT2D eigenvalue weighted by Crippen LogP contribution is -2.47. The Bertz CT molecular complexity index is 1030. The van der Waals surface area contributed by atoms with E-state index in [4.69, 9.17) is 0 Å². The van der Waals surface area contributed by atoms with Crippen LogP contribution in [0.25, 0.3) is 0 Å². The molecule has 0 bridgehead atoms. The number of nitrogens with one attached hydrogen (secondary N) is 1. The van der Waals surface area contributed by atoms with Gasteiger partial charge in [-0.2, -0.15) is 0 Å². The molecule has 1 saturated heterocycles. The highest BCUT2D eigenvalue weighted by atomic mass is 32.2. The molecule has 7 heteroatoms. The minimum absolute atomic E-state index is 0.0293. The zero-order chi connectivity index (χ0) is 26.9. The summed E-state index contributed by atoms with van der Waals surface area (Å²) < 4.78 is 17.6. The number of aliphatic imine (C=N–C) groups is 1. The molecule has 1 aromatic carbocycles. The van der Waals surface area contributed by atoms with Crippen LogP contribution in [-0.2, 0) is 0 Å². The molecule has 0 aromatic heterocycles. The van der Waals surface area contributed by atoms with Gasteiger partial charge >= 0.3 is 0 Å². The Labute approximate surface area is 220 Å². The topological polar surface area (TPSA) is 64.9 Å². The Morgan fingerprint density at radius 2 is 1.92 bits per heavy atom. The van der Waals surface area contributed by atoms with Crippen molar-refractivity contribution in [3.63, 3.8) is 0 Å². The van der Waals surface area contributed by atoms with Gasteiger partial charge in [-0.25, -0.2) is 4.39 Å². The highest BCUT2D eigenvalue weighted by Crippen LogP contribution is 2.34. The highest BCUT2D eigenvalue weighted by Gasteiger charge is 2.34. The van der Waals surface area contributed by atoms with Gasteiger partial charge in [0.15, 0.2) is 0 Å². The average molecular weight is 514 g/mol. The first-order valence-corrected chi connectivity index (χ1v) is 13.3. The maximum atomic E-state index is 14.3. The fourth-order valence-electron chi connectivity index (χ4n) is 4.37. The van der Waals surface area contributed by atoms with Gasteiger partial charge in [-0.05, 0) is 81.7 Å². The molecule has 0 atom stereocenters. The van der Waals surface area contributed by atoms with Crippen molar-refractivity contribution in [2.75, 3.05) is 17.8 Å². The first kappa shape index (κ1) is 29.6. The minimum Gasteiger partial charge on any atom is -0.390 e. The van der Waals surface area contributed by atoms with E-state index in [1.807, 2.05) is 30.9 Å². The van der Waals surface area contributed by atoms with E-state index in [9.17, 15) is 14.3 Å². The molecule has 0 unspecified atom stereocenters. The summed E-state index contributed by atoms with van der Waals surface area (Å²) in [6.45, 7) is 18.3. The Hall–Kier alpha value is -2.64. The van der Waals surface area contributed by atoms with Gasteiger partial charge in [-0.15, -0.1) is 0 Å². The van der Waals surface area contributed by atoms with Crippen LogP contribution in [0.1, 0.15) is 70.7 Å². The molecule has 1 heterocycles. The quantitative estimate of drug-likeness (QED) is 0.183. The normalized spacial score (nSPS) is 17.1. The zero-order valence-corrected chi connectivity index (χ0v) is 23.1. The standard InChI is InChI=1S/C29H40FN3O2S/c1-8-21(6)26(22(7)30)27(31-10-3)25(9-2)36-32-24-13-11-23(12-14-24)28(34)33-17-15-29(35,16-18-33)19-20(4)5/h9-14,20,32,35H,2,7-8,15-19H2,1,3-6H3/b26-21?,27-25-,31-10?. The van der Waals surface area contributed by atoms with Gasteiger partial charge in [0.05, 0.1) is 16.2 Å². The Morgan fingerprint density at radius 1 is 1.31 bits per heavy atom. The van der Waals surface area contributed by atoms with E-state index in [0.29, 0.717) is 60.0 Å². The number of hydrogen-bond donors (Lipinski definition) is 2. The van der Waals surface area contributed by atoms with Crippen molar-refractivity contribution in [3.05, 3.63) is 76.6 Å². The summed E-state index contributed by atoms with van der Waals surface area (Å²) in [5, 5.41) is 10.8. The van der Waals surface area contributed by atoms with Crippen LogP contribution in [-0.4, -0.2) is 40.8 Å². The summed E-state index contributed by atoms with van der Waals surface area (Å²) in [4.78, 5) is 19.9. The minimum atomic E-state index is -0.674. The molecule has 0 radical (unpaired) electrons. The number of rotatable bonds is 11. The second-order valence-electron chi connectivity index (χ2n) is 9.61. The number of anilines is 1. The average Bonchev–Trinajstić information content (AvgIpc) is 2.84. The predicted octanol–water partition coefficient (Wildman–Crippen LogP) is 7.46. The summed E-state index contributed by atoms with van der Waals surface area (Å²) in [6.07, 6.45) is 5.90. The molecule has 36 heavy (non-hydrogen) atoms. The van der Waals surface area contributed by atoms with Gasteiger partial charge in [-0.3, -0.25) is 9.79 Å². The fraction of sp³-hybridized carbons (Fsp3) is 0.448. The van der Waals surface area contributed by atoms with Gasteiger partial charge in [0.1, 0.15) is 5.83 Å². The number of hydrogen-bond acceptors (Lipinski definition) is 5. The maximum Gasteiger partial charge on any atom is 0.253 e. The molecular formula is C29H40FN3O2S. The molecule has 1 fully saturated rings. The molecule has 1 aromatic rings. The molecular weight excluding hydrogens is 473 g/mol. The predicted molar refractivity (Wildman–Crippen MR) is 152 cm³/mol. The van der Waals surface area contributed by atoms with Crippen LogP contribution in [0.15, 0.2) is 76.1 Å². The van der Waals surface area contributed by atoms with Crippen molar-refractivity contribution in [1.82, 2.24) is 4.90 Å². The summed E-state index contributed by atoms with van der Waals surface area (Å²) >= 11 is 1.28. The van der Waals surface area contributed by atoms with E-state index in [0.717, 1.165) is 17.7 Å². The number of likely N-dealkylation sites (tertiary alicyclic amines) is 1. The van der Waals surface area contributed by atoms with Crippen LogP contribution in [0.4, 0.5) is 10.1 Å². The van der Waals surface area contributed by atoms with E-state index in [-0.39, 0.29) is 5.91 Å². The maximum absolute atomic E-state index is 14.3. The largest absolute Gasteiger partial charge is 0.390 e. The van der Waals surface area contributed by atoms with Crippen molar-refractivity contribution < 1.29 is 14.3 Å². The molecule has 0 spiro atoms. The Morgan fingerprint density at radius 3 is 2.39 bits per heavy atom. The van der Waals surface area contributed by atoms with E-state index < -0.39 is 11.4 Å². The molecule has 0 aliphatic carbocycles. The number of amides is 1. The fourth-order valence-corrected chi connectivity index (χ4v) is 5.07. The lowest BCUT2D eigenvalue weighted by atomic mass is 9.84. The summed E-state index contributed by atoms with van der Waals surface area (Å²) in [7, 11) is 0. The second-order valence-corrected chi connectivity index (χ2v) is 10.5. The third-order valence-corrected chi connectivity index (χ3v) is 7.24. The third-order valence-electron chi connectivity index (χ3n) is 6.32. The number of aliphatic hydroxyl groups is 1. The van der Waals surface area contributed by atoms with Crippen LogP contribution >= 0.6 is 11.9 Å². The van der Waals surface area contributed by atoms with Crippen molar-refractivity contribution in [2.24, 2.45) is 10.9 Å². The van der Waals surface area contributed by atoms with Crippen LogP contribution in [0.3, 0.4) is 0 Å². The lowest BCUT2D eigenvalue weighted by Gasteiger charge is -2.39. The monoisotopic (exact) mass is 513 g/mol. The number of piperidine rings is 1. The van der Waals surface area contributed by atoms with Crippen LogP contribution < -0.4 is 4.72 Å². The summed E-state index contributed by atoms with van der Waals surface area (Å²) in [6, 6.07) is 7.26. The number of nitrogens with zero attached hydrogens (tertiary/aromatic N) is 2. The molecule has 1 aliphatic rings. The van der Waals surface area contributed by atoms with Gasteiger partial charge in [0.25, 0.3) is 5.91 Å². The van der Waals surface area contributed by atoms with Gasteiger partial charge in [0.2, 0.25) is 0 Å². The number of halogens is 1. The number of allylic oxidation sites excluding steroid dienone is 3. The zero-order valence-electron chi connectivity index (χ0n) is 22.2. The molecule has 1 amide bonds. The van der Waals surface area contributed by atoms with E-state index in [2.05, 4.69) is 36.7 Å². The Kier molecular flexibility index (Phi) is 11.2. The van der Waals surface area contributed by atoms with Crippen molar-refractivity contribution in [1.29, 1.82) is 0 Å².